The summed E-state index contributed by atoms with van der Waals surface area (Å²) in [6.45, 7) is 5.58. The minimum absolute atomic E-state index is 0.0999. The lowest BCUT2D eigenvalue weighted by molar-refractivity contribution is 0.0985. The van der Waals surface area contributed by atoms with E-state index in [9.17, 15) is 5.11 Å². The zero-order valence-electron chi connectivity index (χ0n) is 19.1. The molecule has 33 heavy (non-hydrogen) atoms. The molecule has 2 aromatic heterocycles. The van der Waals surface area contributed by atoms with Crippen LogP contribution in [0.2, 0.25) is 0 Å². The zero-order chi connectivity index (χ0) is 22.8. The topological polar surface area (TPSA) is 76.9 Å². The maximum absolute atomic E-state index is 9.81. The van der Waals surface area contributed by atoms with Gasteiger partial charge in [-0.05, 0) is 60.9 Å². The number of methoxy groups -OCH3 is 1. The van der Waals surface area contributed by atoms with E-state index < -0.39 is 0 Å². The summed E-state index contributed by atoms with van der Waals surface area (Å²) >= 11 is 0. The number of aliphatic hydroxyl groups is 1. The second-order valence-electron chi connectivity index (χ2n) is 8.45. The molecule has 0 aliphatic carbocycles. The molecule has 4 heterocycles. The fraction of sp³-hybridized carbons (Fsp3) is 0.385. The Bertz CT molecular complexity index is 1190. The number of morpholine rings is 1. The van der Waals surface area contributed by atoms with Crippen LogP contribution in [0.4, 0.5) is 5.82 Å². The molecular formula is C26H29N3O4. The van der Waals surface area contributed by atoms with Crippen molar-refractivity contribution in [3.05, 3.63) is 53.6 Å². The van der Waals surface area contributed by atoms with Gasteiger partial charge in [0.15, 0.2) is 5.65 Å². The lowest BCUT2D eigenvalue weighted by Crippen LogP contribution is -2.44. The summed E-state index contributed by atoms with van der Waals surface area (Å²) in [5, 5.41) is 10.8. The number of aliphatic hydroxyl groups excluding tert-OH is 1. The van der Waals surface area contributed by atoms with E-state index in [0.29, 0.717) is 37.8 Å². The Morgan fingerprint density at radius 2 is 2.03 bits per heavy atom. The predicted molar refractivity (Wildman–Crippen MR) is 128 cm³/mol. The standard InChI is InChI=1S/C26H29N3O4/c1-17-16-33-12-9-29(17)25-6-4-21-22(18-7-10-32-11-8-18)14-23(27-26(21)28-25)19-3-5-24(31-2)20(13-19)15-30/h3-7,13-14,17,30H,8-12,15-16H2,1-2H3. The number of hydrogen-bond donors (Lipinski definition) is 1. The minimum Gasteiger partial charge on any atom is -0.496 e. The third kappa shape index (κ3) is 4.31. The largest absolute Gasteiger partial charge is 0.496 e. The van der Waals surface area contributed by atoms with Gasteiger partial charge < -0.3 is 24.2 Å². The highest BCUT2D eigenvalue weighted by Crippen LogP contribution is 2.34. The summed E-state index contributed by atoms with van der Waals surface area (Å²) in [5.74, 6) is 1.58. The van der Waals surface area contributed by atoms with Crippen LogP contribution in [0.1, 0.15) is 24.5 Å². The van der Waals surface area contributed by atoms with Crippen molar-refractivity contribution in [2.75, 3.05) is 45.0 Å². The Kier molecular flexibility index (Phi) is 6.26. The van der Waals surface area contributed by atoms with Crippen LogP contribution in [0.3, 0.4) is 0 Å². The molecule has 0 spiro atoms. The SMILES string of the molecule is COc1ccc(-c2cc(C3=CCOCC3)c3ccc(N4CCOCC4C)nc3n2)cc1CO. The summed E-state index contributed by atoms with van der Waals surface area (Å²) in [6, 6.07) is 12.4. The normalized spacial score (nSPS) is 18.9. The van der Waals surface area contributed by atoms with E-state index >= 15 is 0 Å². The predicted octanol–water partition coefficient (Wildman–Crippen LogP) is 3.83. The summed E-state index contributed by atoms with van der Waals surface area (Å²) in [5.41, 5.74) is 5.57. The maximum atomic E-state index is 9.81. The number of anilines is 1. The first-order valence-corrected chi connectivity index (χ1v) is 11.4. The van der Waals surface area contributed by atoms with Crippen LogP contribution in [-0.4, -0.2) is 61.2 Å². The molecule has 5 rings (SSSR count). The van der Waals surface area contributed by atoms with E-state index in [1.54, 1.807) is 7.11 Å². The van der Waals surface area contributed by atoms with Crippen molar-refractivity contribution in [1.82, 2.24) is 9.97 Å². The summed E-state index contributed by atoms with van der Waals surface area (Å²) in [4.78, 5) is 12.2. The highest BCUT2D eigenvalue weighted by Gasteiger charge is 2.22. The second-order valence-corrected chi connectivity index (χ2v) is 8.45. The quantitative estimate of drug-likeness (QED) is 0.637. The molecule has 7 nitrogen and oxygen atoms in total. The third-order valence-corrected chi connectivity index (χ3v) is 6.38. The summed E-state index contributed by atoms with van der Waals surface area (Å²) < 4.78 is 16.5. The smallest absolute Gasteiger partial charge is 0.162 e. The summed E-state index contributed by atoms with van der Waals surface area (Å²) in [6.07, 6.45) is 3.00. The molecule has 1 N–H and O–H groups in total. The fourth-order valence-corrected chi connectivity index (χ4v) is 4.57. The van der Waals surface area contributed by atoms with Crippen LogP contribution in [0.5, 0.6) is 5.75 Å². The van der Waals surface area contributed by atoms with Gasteiger partial charge in [-0.25, -0.2) is 9.97 Å². The molecule has 7 heteroatoms. The lowest BCUT2D eigenvalue weighted by atomic mass is 9.96. The number of hydrogen-bond acceptors (Lipinski definition) is 7. The average molecular weight is 448 g/mol. The number of benzene rings is 1. The van der Waals surface area contributed by atoms with Crippen LogP contribution in [0.15, 0.2) is 42.5 Å². The van der Waals surface area contributed by atoms with Crippen LogP contribution in [-0.2, 0) is 16.1 Å². The molecule has 1 unspecified atom stereocenters. The Morgan fingerprint density at radius 3 is 2.79 bits per heavy atom. The summed E-state index contributed by atoms with van der Waals surface area (Å²) in [7, 11) is 1.61. The molecular weight excluding hydrogens is 418 g/mol. The number of ether oxygens (including phenoxy) is 3. The molecule has 1 saturated heterocycles. The van der Waals surface area contributed by atoms with E-state index in [1.165, 1.54) is 5.57 Å². The first-order chi connectivity index (χ1) is 16.2. The molecule has 2 aliphatic rings. The molecule has 3 aromatic rings. The van der Waals surface area contributed by atoms with Crippen LogP contribution in [0.25, 0.3) is 27.9 Å². The first-order valence-electron chi connectivity index (χ1n) is 11.4. The van der Waals surface area contributed by atoms with Gasteiger partial charge in [0.05, 0.1) is 51.9 Å². The van der Waals surface area contributed by atoms with Crippen molar-refractivity contribution in [3.63, 3.8) is 0 Å². The molecule has 172 valence electrons. The van der Waals surface area contributed by atoms with E-state index in [0.717, 1.165) is 46.6 Å². The zero-order valence-corrected chi connectivity index (χ0v) is 19.1. The first kappa shape index (κ1) is 21.8. The molecule has 0 amide bonds. The van der Waals surface area contributed by atoms with Crippen LogP contribution in [0, 0.1) is 0 Å². The Hall–Kier alpha value is -3.00. The van der Waals surface area contributed by atoms with Gasteiger partial charge >= 0.3 is 0 Å². The Morgan fingerprint density at radius 1 is 1.12 bits per heavy atom. The van der Waals surface area contributed by atoms with E-state index in [1.807, 2.05) is 18.2 Å². The van der Waals surface area contributed by atoms with Gasteiger partial charge in [-0.15, -0.1) is 0 Å². The Balaban J connectivity index is 1.66. The van der Waals surface area contributed by atoms with Crippen molar-refractivity contribution in [1.29, 1.82) is 0 Å². The minimum atomic E-state index is -0.0999. The number of fused-ring (bicyclic) bond motifs is 1. The highest BCUT2D eigenvalue weighted by molar-refractivity contribution is 5.93. The van der Waals surface area contributed by atoms with Crippen LogP contribution < -0.4 is 9.64 Å². The lowest BCUT2D eigenvalue weighted by Gasteiger charge is -2.34. The number of pyridine rings is 2. The van der Waals surface area contributed by atoms with Gasteiger partial charge in [0.1, 0.15) is 11.6 Å². The molecule has 0 radical (unpaired) electrons. The molecule has 1 atom stereocenters. The van der Waals surface area contributed by atoms with Gasteiger partial charge in [0.25, 0.3) is 0 Å². The van der Waals surface area contributed by atoms with Crippen molar-refractivity contribution in [2.24, 2.45) is 0 Å². The molecule has 0 bridgehead atoms. The number of aromatic nitrogens is 2. The van der Waals surface area contributed by atoms with Gasteiger partial charge in [-0.2, -0.15) is 0 Å². The van der Waals surface area contributed by atoms with E-state index in [2.05, 4.69) is 36.1 Å². The molecule has 0 saturated carbocycles. The van der Waals surface area contributed by atoms with Crippen molar-refractivity contribution in [2.45, 2.75) is 26.0 Å². The number of rotatable bonds is 5. The number of nitrogens with zero attached hydrogens (tertiary/aromatic N) is 3. The monoisotopic (exact) mass is 447 g/mol. The molecule has 1 fully saturated rings. The third-order valence-electron chi connectivity index (χ3n) is 6.38. The van der Waals surface area contributed by atoms with Gasteiger partial charge in [-0.1, -0.05) is 6.08 Å². The van der Waals surface area contributed by atoms with Gasteiger partial charge in [0.2, 0.25) is 0 Å². The van der Waals surface area contributed by atoms with Crippen molar-refractivity contribution < 1.29 is 19.3 Å². The van der Waals surface area contributed by atoms with E-state index in [4.69, 9.17) is 24.2 Å². The van der Waals surface area contributed by atoms with Crippen molar-refractivity contribution in [3.8, 4) is 17.0 Å². The maximum Gasteiger partial charge on any atom is 0.162 e. The fourth-order valence-electron chi connectivity index (χ4n) is 4.57. The Labute approximate surface area is 193 Å². The molecule has 1 aromatic carbocycles. The van der Waals surface area contributed by atoms with Crippen LogP contribution >= 0.6 is 0 Å². The second kappa shape index (κ2) is 9.47. The average Bonchev–Trinajstić information content (AvgIpc) is 2.88. The molecule has 2 aliphatic heterocycles. The van der Waals surface area contributed by atoms with Gasteiger partial charge in [0, 0.05) is 23.1 Å². The van der Waals surface area contributed by atoms with Crippen molar-refractivity contribution >= 4 is 22.4 Å². The van der Waals surface area contributed by atoms with Gasteiger partial charge in [-0.3, -0.25) is 0 Å². The highest BCUT2D eigenvalue weighted by atomic mass is 16.5. The van der Waals surface area contributed by atoms with E-state index in [-0.39, 0.29) is 12.6 Å².